The van der Waals surface area contributed by atoms with Crippen LogP contribution in [0.3, 0.4) is 0 Å². The molecule has 0 fully saturated rings. The number of ether oxygens (including phenoxy) is 1. The number of amides is 2. The Morgan fingerprint density at radius 1 is 1.18 bits per heavy atom. The predicted octanol–water partition coefficient (Wildman–Crippen LogP) is 4.59. The summed E-state index contributed by atoms with van der Waals surface area (Å²) in [7, 11) is 1.56. The Balaban J connectivity index is 1.56. The van der Waals surface area contributed by atoms with Crippen molar-refractivity contribution in [2.24, 2.45) is 0 Å². The van der Waals surface area contributed by atoms with Gasteiger partial charge in [0.2, 0.25) is 5.91 Å². The summed E-state index contributed by atoms with van der Waals surface area (Å²) in [5.74, 6) is -0.292. The predicted molar refractivity (Wildman–Crippen MR) is 126 cm³/mol. The number of benzene rings is 2. The number of anilines is 1. The molecule has 1 N–H and O–H groups in total. The monoisotopic (exact) mass is 463 g/mol. The van der Waals surface area contributed by atoms with Crippen LogP contribution >= 0.6 is 11.3 Å². The van der Waals surface area contributed by atoms with E-state index in [2.05, 4.69) is 5.32 Å². The van der Waals surface area contributed by atoms with E-state index in [1.165, 1.54) is 12.1 Å². The van der Waals surface area contributed by atoms with Crippen molar-refractivity contribution in [2.45, 2.75) is 25.6 Å². The Morgan fingerprint density at radius 3 is 2.73 bits per heavy atom. The van der Waals surface area contributed by atoms with E-state index in [9.17, 15) is 14.0 Å². The number of thiophene rings is 1. The van der Waals surface area contributed by atoms with E-state index in [0.29, 0.717) is 23.7 Å². The maximum Gasteiger partial charge on any atom is 0.275 e. The highest BCUT2D eigenvalue weighted by Gasteiger charge is 2.48. The Labute approximate surface area is 194 Å². The maximum absolute atomic E-state index is 13.8. The molecule has 1 aliphatic heterocycles. The number of methoxy groups -OCH3 is 1. The van der Waals surface area contributed by atoms with E-state index in [1.54, 1.807) is 66.7 Å². The third kappa shape index (κ3) is 3.56. The molecule has 0 radical (unpaired) electrons. The zero-order chi connectivity index (χ0) is 23.2. The Morgan fingerprint density at radius 2 is 1.97 bits per heavy atom. The fourth-order valence-electron chi connectivity index (χ4n) is 4.33. The van der Waals surface area contributed by atoms with Crippen LogP contribution in [0, 0.1) is 5.82 Å². The summed E-state index contributed by atoms with van der Waals surface area (Å²) in [5.41, 5.74) is 0.690. The van der Waals surface area contributed by atoms with Gasteiger partial charge in [0.1, 0.15) is 27.6 Å². The summed E-state index contributed by atoms with van der Waals surface area (Å²) in [5, 5.41) is 5.90. The molecule has 0 spiro atoms. The number of halogens is 1. The van der Waals surface area contributed by atoms with Gasteiger partial charge in [0.15, 0.2) is 0 Å². The lowest BCUT2D eigenvalue weighted by atomic mass is 9.93. The Kier molecular flexibility index (Phi) is 5.17. The number of nitrogens with one attached hydrogen (secondary N) is 1. The topological polar surface area (TPSA) is 63.6 Å². The molecule has 2 amide bonds. The molecule has 5 rings (SSSR count). The molecule has 0 aliphatic carbocycles. The van der Waals surface area contributed by atoms with Crippen molar-refractivity contribution in [1.82, 2.24) is 9.88 Å². The minimum absolute atomic E-state index is 0.224. The highest BCUT2D eigenvalue weighted by atomic mass is 32.1. The van der Waals surface area contributed by atoms with Crippen molar-refractivity contribution in [1.29, 1.82) is 0 Å². The van der Waals surface area contributed by atoms with Crippen LogP contribution in [0.5, 0.6) is 5.75 Å². The average molecular weight is 464 g/mol. The van der Waals surface area contributed by atoms with Crippen LogP contribution in [0.15, 0.2) is 66.0 Å². The number of hydrogen-bond donors (Lipinski definition) is 1. The minimum Gasteiger partial charge on any atom is -0.497 e. The third-order valence-electron chi connectivity index (χ3n) is 6.05. The van der Waals surface area contributed by atoms with Crippen LogP contribution in [-0.2, 0) is 17.9 Å². The molecule has 33 heavy (non-hydrogen) atoms. The number of aromatic nitrogens is 1. The van der Waals surface area contributed by atoms with E-state index in [0.717, 1.165) is 15.8 Å². The fraction of sp³-hybridized carbons (Fsp3) is 0.200. The first-order valence-corrected chi connectivity index (χ1v) is 11.4. The summed E-state index contributed by atoms with van der Waals surface area (Å²) < 4.78 is 20.5. The molecule has 1 atom stereocenters. The number of rotatable bonds is 5. The SMILES string of the molecule is COc1cccc(N2C(=O)c3cc4ccsc4n3C[C@]2(C)C(=O)NCc2ccc(F)cc2)c1. The van der Waals surface area contributed by atoms with Crippen molar-refractivity contribution in [2.75, 3.05) is 12.0 Å². The summed E-state index contributed by atoms with van der Waals surface area (Å²) in [6.07, 6.45) is 0. The van der Waals surface area contributed by atoms with Crippen molar-refractivity contribution in [3.63, 3.8) is 0 Å². The molecule has 0 unspecified atom stereocenters. The lowest BCUT2D eigenvalue weighted by Gasteiger charge is -2.44. The molecule has 0 saturated carbocycles. The molecule has 6 nitrogen and oxygen atoms in total. The lowest BCUT2D eigenvalue weighted by Crippen LogP contribution is -2.64. The van der Waals surface area contributed by atoms with Crippen molar-refractivity contribution in [3.8, 4) is 5.75 Å². The summed E-state index contributed by atoms with van der Waals surface area (Å²) in [4.78, 5) is 29.9. The van der Waals surface area contributed by atoms with Crippen molar-refractivity contribution >= 4 is 39.1 Å². The van der Waals surface area contributed by atoms with E-state index in [-0.39, 0.29) is 24.2 Å². The van der Waals surface area contributed by atoms with Gasteiger partial charge in [-0.3, -0.25) is 14.5 Å². The lowest BCUT2D eigenvalue weighted by molar-refractivity contribution is -0.126. The number of carbonyl (C=O) groups is 2. The fourth-order valence-corrected chi connectivity index (χ4v) is 5.22. The van der Waals surface area contributed by atoms with E-state index >= 15 is 0 Å². The molecule has 2 aromatic carbocycles. The van der Waals surface area contributed by atoms with Crippen LogP contribution in [0.4, 0.5) is 10.1 Å². The van der Waals surface area contributed by atoms with Gasteiger partial charge in [0, 0.05) is 23.7 Å². The summed E-state index contributed by atoms with van der Waals surface area (Å²) in [6.45, 7) is 2.29. The molecule has 4 aromatic rings. The number of hydrogen-bond acceptors (Lipinski definition) is 4. The van der Waals surface area contributed by atoms with Gasteiger partial charge in [0.05, 0.1) is 13.7 Å². The van der Waals surface area contributed by atoms with Crippen LogP contribution in [0.25, 0.3) is 10.2 Å². The standard InChI is InChI=1S/C25H22FN3O3S/c1-25(24(31)27-14-16-6-8-18(26)9-7-16)15-28-21(12-17-10-11-33-23(17)28)22(30)29(25)19-4-3-5-20(13-19)32-2/h3-13H,14-15H2,1-2H3,(H,27,31)/t25-/m1/s1. The van der Waals surface area contributed by atoms with E-state index in [4.69, 9.17) is 4.74 Å². The van der Waals surface area contributed by atoms with Crippen molar-refractivity contribution in [3.05, 3.63) is 83.1 Å². The molecular weight excluding hydrogens is 441 g/mol. The first-order chi connectivity index (χ1) is 15.9. The van der Waals surface area contributed by atoms with Gasteiger partial charge in [-0.05, 0) is 54.3 Å². The van der Waals surface area contributed by atoms with Gasteiger partial charge in [-0.2, -0.15) is 0 Å². The van der Waals surface area contributed by atoms with Crippen molar-refractivity contribution < 1.29 is 18.7 Å². The van der Waals surface area contributed by atoms with Crippen LogP contribution in [0.1, 0.15) is 23.0 Å². The molecule has 8 heteroatoms. The number of fused-ring (bicyclic) bond motifs is 3. The molecule has 1 aliphatic rings. The van der Waals surface area contributed by atoms with Crippen LogP contribution in [0.2, 0.25) is 0 Å². The number of carbonyl (C=O) groups excluding carboxylic acids is 2. The first kappa shape index (κ1) is 21.2. The van der Waals surface area contributed by atoms with Gasteiger partial charge in [-0.1, -0.05) is 18.2 Å². The van der Waals surface area contributed by atoms with Gasteiger partial charge < -0.3 is 14.6 Å². The Bertz CT molecular complexity index is 1360. The second-order valence-electron chi connectivity index (χ2n) is 8.22. The highest BCUT2D eigenvalue weighted by Crippen LogP contribution is 2.38. The van der Waals surface area contributed by atoms with Gasteiger partial charge >= 0.3 is 0 Å². The highest BCUT2D eigenvalue weighted by molar-refractivity contribution is 7.16. The van der Waals surface area contributed by atoms with Gasteiger partial charge in [0.25, 0.3) is 5.91 Å². The molecular formula is C25H22FN3O3S. The number of nitrogens with zero attached hydrogens (tertiary/aromatic N) is 2. The molecule has 0 bridgehead atoms. The van der Waals surface area contributed by atoms with Gasteiger partial charge in [-0.25, -0.2) is 4.39 Å². The molecule has 2 aromatic heterocycles. The minimum atomic E-state index is -1.20. The van der Waals surface area contributed by atoms with E-state index < -0.39 is 5.54 Å². The molecule has 0 saturated heterocycles. The largest absolute Gasteiger partial charge is 0.497 e. The summed E-state index contributed by atoms with van der Waals surface area (Å²) >= 11 is 1.54. The van der Waals surface area contributed by atoms with E-state index in [1.807, 2.05) is 22.1 Å². The molecule has 3 heterocycles. The second kappa shape index (κ2) is 8.04. The zero-order valence-corrected chi connectivity index (χ0v) is 19.0. The maximum atomic E-state index is 13.8. The quantitative estimate of drug-likeness (QED) is 0.471. The van der Waals surface area contributed by atoms with Crippen LogP contribution < -0.4 is 15.0 Å². The third-order valence-corrected chi connectivity index (χ3v) is 7.00. The normalized spacial score (nSPS) is 17.8. The average Bonchev–Trinajstić information content (AvgIpc) is 3.41. The smallest absolute Gasteiger partial charge is 0.275 e. The first-order valence-electron chi connectivity index (χ1n) is 10.5. The van der Waals surface area contributed by atoms with Crippen LogP contribution in [-0.4, -0.2) is 29.0 Å². The Hall–Kier alpha value is -3.65. The summed E-state index contributed by atoms with van der Waals surface area (Å²) in [6, 6.07) is 17.0. The van der Waals surface area contributed by atoms with Gasteiger partial charge in [-0.15, -0.1) is 11.3 Å². The second-order valence-corrected chi connectivity index (χ2v) is 9.12. The zero-order valence-electron chi connectivity index (χ0n) is 18.2. The molecule has 168 valence electrons.